The monoisotopic (exact) mass is 274 g/mol. The number of halogens is 6. The molecule has 6 heteroatoms. The summed E-state index contributed by atoms with van der Waals surface area (Å²) < 4.78 is 31.5. The van der Waals surface area contributed by atoms with Crippen LogP contribution in [0.1, 0.15) is 0 Å². The van der Waals surface area contributed by atoms with E-state index in [2.05, 4.69) is 31.9 Å². The Bertz CT molecular complexity index is 70.3. The second kappa shape index (κ2) is 2.34. The summed E-state index contributed by atoms with van der Waals surface area (Å²) in [6.45, 7) is 0. The normalized spacial score (nSPS) is 14.2. The van der Waals surface area contributed by atoms with E-state index in [1.165, 1.54) is 0 Å². The van der Waals surface area contributed by atoms with Crippen molar-refractivity contribution in [3.05, 3.63) is 0 Å². The van der Waals surface area contributed by atoms with E-state index in [4.69, 9.17) is 11.6 Å². The van der Waals surface area contributed by atoms with Gasteiger partial charge in [-0.05, 0) is 31.9 Å². The molecule has 0 radical (unpaired) electrons. The topological polar surface area (TPSA) is 0 Å². The summed E-state index contributed by atoms with van der Waals surface area (Å²) in [5, 5.41) is 0. The van der Waals surface area contributed by atoms with Crippen molar-refractivity contribution in [3.63, 3.8) is 0 Å². The molecule has 0 atom stereocenters. The Morgan fingerprint density at radius 1 is 1.12 bits per heavy atom. The minimum atomic E-state index is -4.46. The van der Waals surface area contributed by atoms with Crippen molar-refractivity contribution in [2.45, 2.75) is 8.87 Å². The Kier molecular flexibility index (Phi) is 2.65. The van der Waals surface area contributed by atoms with Crippen LogP contribution in [0, 0.1) is 0 Å². The molecule has 0 aromatic carbocycles. The van der Waals surface area contributed by atoms with Crippen molar-refractivity contribution < 1.29 is 13.2 Å². The molecule has 0 spiro atoms. The highest BCUT2D eigenvalue weighted by Gasteiger charge is 2.50. The summed E-state index contributed by atoms with van der Waals surface area (Å²) in [6, 6.07) is 0. The lowest BCUT2D eigenvalue weighted by Gasteiger charge is -2.14. The minimum Gasteiger partial charge on any atom is -0.167 e. The van der Waals surface area contributed by atoms with Gasteiger partial charge in [-0.1, -0.05) is 11.6 Å². The average Bonchev–Trinajstić information content (AvgIpc) is 1.25. The SMILES string of the molecule is FC(F)(F)C(Cl)(Br)Br. The molecule has 50 valence electrons. The molecule has 0 saturated heterocycles. The van der Waals surface area contributed by atoms with Crippen LogP contribution in [0.4, 0.5) is 13.2 Å². The van der Waals surface area contributed by atoms with Gasteiger partial charge in [0.1, 0.15) is 0 Å². The van der Waals surface area contributed by atoms with Gasteiger partial charge in [-0.2, -0.15) is 13.2 Å². The molecule has 0 aromatic rings. The number of alkyl halides is 6. The van der Waals surface area contributed by atoms with Crippen LogP contribution in [0.3, 0.4) is 0 Å². The largest absolute Gasteiger partial charge is 0.427 e. The Morgan fingerprint density at radius 3 is 1.25 bits per heavy atom. The van der Waals surface area contributed by atoms with Crippen molar-refractivity contribution in [1.29, 1.82) is 0 Å². The fraction of sp³-hybridized carbons (Fsp3) is 1.00. The molecule has 0 N–H and O–H groups in total. The molecule has 0 rings (SSSR count). The average molecular weight is 276 g/mol. The highest BCUT2D eigenvalue weighted by molar-refractivity contribution is 9.26. The third-order valence-electron chi connectivity index (χ3n) is 0.321. The van der Waals surface area contributed by atoms with Crippen molar-refractivity contribution in [2.24, 2.45) is 0 Å². The van der Waals surface area contributed by atoms with Gasteiger partial charge < -0.3 is 0 Å². The second-order valence-corrected chi connectivity index (χ2v) is 5.92. The van der Waals surface area contributed by atoms with Crippen LogP contribution < -0.4 is 0 Å². The molecule has 0 aliphatic carbocycles. The van der Waals surface area contributed by atoms with E-state index in [1.54, 1.807) is 0 Å². The van der Waals surface area contributed by atoms with E-state index >= 15 is 0 Å². The molecule has 0 nitrogen and oxygen atoms in total. The van der Waals surface area contributed by atoms with E-state index < -0.39 is 8.87 Å². The smallest absolute Gasteiger partial charge is 0.167 e. The van der Waals surface area contributed by atoms with Crippen LogP contribution in [0.15, 0.2) is 0 Å². The minimum absolute atomic E-state index is 2.16. The lowest BCUT2D eigenvalue weighted by molar-refractivity contribution is -0.118. The van der Waals surface area contributed by atoms with Gasteiger partial charge in [-0.25, -0.2) is 0 Å². The van der Waals surface area contributed by atoms with Gasteiger partial charge in [0.15, 0.2) is 0 Å². The summed E-state index contributed by atoms with van der Waals surface area (Å²) >= 11 is 9.03. The van der Waals surface area contributed by atoms with Crippen molar-refractivity contribution in [2.75, 3.05) is 0 Å². The lowest BCUT2D eigenvalue weighted by Crippen LogP contribution is -2.26. The molecular weight excluding hydrogens is 276 g/mol. The Labute approximate surface area is 65.6 Å². The molecule has 0 unspecified atom stereocenters. The molecule has 0 fully saturated rings. The highest BCUT2D eigenvalue weighted by atomic mass is 79.9. The zero-order chi connectivity index (χ0) is 7.00. The van der Waals surface area contributed by atoms with Crippen LogP contribution in [-0.2, 0) is 0 Å². The van der Waals surface area contributed by atoms with Gasteiger partial charge in [0, 0.05) is 0 Å². The summed E-state index contributed by atoms with van der Waals surface area (Å²) in [7, 11) is 0. The standard InChI is InChI=1S/C2Br2ClF3/c3-1(4,5)2(6,7)8. The quantitative estimate of drug-likeness (QED) is 0.596. The summed E-state index contributed by atoms with van der Waals surface area (Å²) in [5.41, 5.74) is 0. The third-order valence-corrected chi connectivity index (χ3v) is 1.43. The van der Waals surface area contributed by atoms with E-state index in [0.29, 0.717) is 0 Å². The van der Waals surface area contributed by atoms with Crippen molar-refractivity contribution in [1.82, 2.24) is 0 Å². The molecule has 0 aliphatic heterocycles. The fourth-order valence-electron chi connectivity index (χ4n) is 0. The number of rotatable bonds is 0. The van der Waals surface area contributed by atoms with Gasteiger partial charge in [-0.3, -0.25) is 0 Å². The zero-order valence-corrected chi connectivity index (χ0v) is 7.20. The Balaban J connectivity index is 4.02. The van der Waals surface area contributed by atoms with E-state index in [0.717, 1.165) is 0 Å². The predicted octanol–water partition coefficient (Wildman–Crippen LogP) is 3.23. The lowest BCUT2D eigenvalue weighted by atomic mass is 10.8. The van der Waals surface area contributed by atoms with Crippen LogP contribution in [-0.4, -0.2) is 8.87 Å². The molecule has 0 saturated carbocycles. The van der Waals surface area contributed by atoms with E-state index in [9.17, 15) is 13.2 Å². The molecule has 8 heavy (non-hydrogen) atoms. The maximum Gasteiger partial charge on any atom is 0.427 e. The van der Waals surface area contributed by atoms with Crippen LogP contribution in [0.5, 0.6) is 0 Å². The number of hydrogen-bond acceptors (Lipinski definition) is 0. The first-order chi connectivity index (χ1) is 3.25. The molecule has 0 aliphatic rings. The summed E-state index contributed by atoms with van der Waals surface area (Å²) in [4.78, 5) is 0. The van der Waals surface area contributed by atoms with Gasteiger partial charge in [-0.15, -0.1) is 0 Å². The molecule has 0 bridgehead atoms. The molecule has 0 heterocycles. The Morgan fingerprint density at radius 2 is 1.25 bits per heavy atom. The van der Waals surface area contributed by atoms with Gasteiger partial charge >= 0.3 is 6.18 Å². The van der Waals surface area contributed by atoms with Crippen LogP contribution in [0.2, 0.25) is 0 Å². The fourth-order valence-corrected chi connectivity index (χ4v) is 0. The molecular formula is C2Br2ClF3. The van der Waals surface area contributed by atoms with Crippen LogP contribution in [0.25, 0.3) is 0 Å². The highest BCUT2D eigenvalue weighted by Crippen LogP contribution is 2.46. The zero-order valence-electron chi connectivity index (χ0n) is 3.27. The van der Waals surface area contributed by atoms with E-state index in [-0.39, 0.29) is 0 Å². The Hall–Kier alpha value is 1.04. The first-order valence-electron chi connectivity index (χ1n) is 1.38. The second-order valence-electron chi connectivity index (χ2n) is 0.996. The van der Waals surface area contributed by atoms with Crippen molar-refractivity contribution in [3.8, 4) is 0 Å². The maximum atomic E-state index is 11.3. The van der Waals surface area contributed by atoms with E-state index in [1.807, 2.05) is 0 Å². The summed E-state index contributed by atoms with van der Waals surface area (Å²) in [5.74, 6) is 0. The van der Waals surface area contributed by atoms with Gasteiger partial charge in [0.25, 0.3) is 0 Å². The first kappa shape index (κ1) is 9.04. The first-order valence-corrected chi connectivity index (χ1v) is 3.35. The third kappa shape index (κ3) is 2.55. The number of hydrogen-bond donors (Lipinski definition) is 0. The van der Waals surface area contributed by atoms with Crippen LogP contribution >= 0.6 is 43.5 Å². The van der Waals surface area contributed by atoms with Gasteiger partial charge in [0.05, 0.1) is 0 Å². The summed E-state index contributed by atoms with van der Waals surface area (Å²) in [6.07, 6.45) is -4.46. The maximum absolute atomic E-state index is 11.3. The van der Waals surface area contributed by atoms with Gasteiger partial charge in [0.2, 0.25) is 2.69 Å². The predicted molar refractivity (Wildman–Crippen MR) is 32.5 cm³/mol. The van der Waals surface area contributed by atoms with Crippen molar-refractivity contribution >= 4 is 43.5 Å². The molecule has 0 amide bonds. The molecule has 0 aromatic heterocycles.